The lowest BCUT2D eigenvalue weighted by Crippen LogP contribution is -2.29. The molecule has 3 rings (SSSR count). The first-order chi connectivity index (χ1) is 16.1. The van der Waals surface area contributed by atoms with Crippen molar-refractivity contribution in [1.82, 2.24) is 5.32 Å². The van der Waals surface area contributed by atoms with Crippen LogP contribution in [0.3, 0.4) is 0 Å². The Morgan fingerprint density at radius 1 is 1.00 bits per heavy atom. The minimum Gasteiger partial charge on any atom is -0.326 e. The van der Waals surface area contributed by atoms with Crippen LogP contribution in [0.4, 0.5) is 0 Å². The number of rotatable bonds is 14. The summed E-state index contributed by atoms with van der Waals surface area (Å²) in [6.07, 6.45) is 13.5. The Labute approximate surface area is 205 Å². The molecule has 4 nitrogen and oxygen atoms in total. The van der Waals surface area contributed by atoms with Crippen molar-refractivity contribution in [3.8, 4) is 0 Å². The highest BCUT2D eigenvalue weighted by Gasteiger charge is 2.32. The summed E-state index contributed by atoms with van der Waals surface area (Å²) in [7, 11) is -2.81. The summed E-state index contributed by atoms with van der Waals surface area (Å²) in [5.74, 6) is 0. The van der Waals surface area contributed by atoms with E-state index in [1.807, 2.05) is 0 Å². The van der Waals surface area contributed by atoms with Crippen LogP contribution >= 0.6 is 19.9 Å². The van der Waals surface area contributed by atoms with Crippen molar-refractivity contribution >= 4 is 19.9 Å². The highest BCUT2D eigenvalue weighted by Crippen LogP contribution is 2.43. The van der Waals surface area contributed by atoms with E-state index >= 15 is 0 Å². The third-order valence-electron chi connectivity index (χ3n) is 6.97. The molecule has 33 heavy (non-hydrogen) atoms. The van der Waals surface area contributed by atoms with Crippen molar-refractivity contribution < 1.29 is 14.0 Å². The van der Waals surface area contributed by atoms with E-state index in [9.17, 15) is 4.57 Å². The molecule has 1 aliphatic carbocycles. The number of unbranched alkanes of at least 4 members (excludes halogenated alkanes) is 2. The fraction of sp³-hybridized carbons (Fsp3) is 0.556. The van der Waals surface area contributed by atoms with Crippen molar-refractivity contribution in [2.24, 2.45) is 0 Å². The maximum Gasteiger partial charge on any atom is 0.316 e. The molecule has 1 aliphatic rings. The lowest BCUT2D eigenvalue weighted by molar-refractivity contribution is 0.265. The van der Waals surface area contributed by atoms with E-state index in [1.54, 1.807) is 5.56 Å². The second-order valence-corrected chi connectivity index (χ2v) is 10.6. The van der Waals surface area contributed by atoms with Crippen LogP contribution in [0, 0.1) is 0 Å². The number of aryl methyl sites for hydroxylation is 1. The van der Waals surface area contributed by atoms with E-state index in [0.29, 0.717) is 18.4 Å². The zero-order valence-corrected chi connectivity index (χ0v) is 21.4. The van der Waals surface area contributed by atoms with Gasteiger partial charge in [-0.15, -0.1) is 0 Å². The number of hydrogen-bond acceptors (Lipinski definition) is 3. The van der Waals surface area contributed by atoms with Gasteiger partial charge in [0.15, 0.2) is 0 Å². The molecule has 2 N–H and O–H groups in total. The quantitative estimate of drug-likeness (QED) is 0.216. The van der Waals surface area contributed by atoms with Crippen LogP contribution in [0.2, 0.25) is 5.02 Å². The molecule has 0 bridgehead atoms. The van der Waals surface area contributed by atoms with Crippen LogP contribution in [0.5, 0.6) is 0 Å². The fourth-order valence-corrected chi connectivity index (χ4v) is 5.77. The van der Waals surface area contributed by atoms with Crippen LogP contribution in [0.15, 0.2) is 48.5 Å². The SMILES string of the molecule is O=[PH](O)OCCCNCc1ccc(CCCCCC2(c3ccccc3)CCCCC2)c(Cl)c1. The minimum atomic E-state index is -2.81. The molecule has 0 amide bonds. The Morgan fingerprint density at radius 3 is 2.52 bits per heavy atom. The standard InChI is InChI=1S/C27H39ClNO3P/c28-26-21-23(22-29-19-10-20-32-33(30)31)14-15-24(26)11-4-2-7-16-27(17-8-3-9-18-27)25-12-5-1-6-13-25/h1,5-6,12-15,21,29,33H,2-4,7-11,16-20,22H2,(H,30,31). The van der Waals surface area contributed by atoms with E-state index in [4.69, 9.17) is 16.5 Å². The molecule has 0 aliphatic heterocycles. The molecule has 2 aromatic rings. The molecule has 0 aromatic heterocycles. The molecule has 6 heteroatoms. The van der Waals surface area contributed by atoms with Crippen LogP contribution in [0.1, 0.15) is 80.9 Å². The summed E-state index contributed by atoms with van der Waals surface area (Å²) >= 11 is 6.56. The van der Waals surface area contributed by atoms with E-state index in [1.165, 1.54) is 63.4 Å². The molecule has 1 saturated carbocycles. The van der Waals surface area contributed by atoms with Gasteiger partial charge in [-0.1, -0.05) is 86.2 Å². The van der Waals surface area contributed by atoms with Crippen molar-refractivity contribution in [3.63, 3.8) is 0 Å². The number of halogens is 1. The van der Waals surface area contributed by atoms with E-state index < -0.39 is 8.25 Å². The summed E-state index contributed by atoms with van der Waals surface area (Å²) in [4.78, 5) is 8.64. The van der Waals surface area contributed by atoms with Gasteiger partial charge >= 0.3 is 8.25 Å². The molecule has 1 fully saturated rings. The topological polar surface area (TPSA) is 58.6 Å². The maximum atomic E-state index is 10.5. The van der Waals surface area contributed by atoms with Gasteiger partial charge in [0.05, 0.1) is 6.61 Å². The van der Waals surface area contributed by atoms with Crippen LogP contribution in [-0.2, 0) is 27.5 Å². The normalized spacial score (nSPS) is 16.5. The van der Waals surface area contributed by atoms with Gasteiger partial charge in [0, 0.05) is 11.6 Å². The zero-order chi connectivity index (χ0) is 23.4. The molecular formula is C27H39ClNO3P. The van der Waals surface area contributed by atoms with Gasteiger partial charge in [0.25, 0.3) is 0 Å². The first-order valence-electron chi connectivity index (χ1n) is 12.5. The summed E-state index contributed by atoms with van der Waals surface area (Å²) in [5.41, 5.74) is 4.34. The molecule has 182 valence electrons. The van der Waals surface area contributed by atoms with Crippen molar-refractivity contribution in [1.29, 1.82) is 0 Å². The first kappa shape index (κ1) is 26.4. The van der Waals surface area contributed by atoms with Crippen molar-refractivity contribution in [3.05, 3.63) is 70.2 Å². The monoisotopic (exact) mass is 491 g/mol. The third kappa shape index (κ3) is 8.85. The van der Waals surface area contributed by atoms with Gasteiger partial charge in [0.1, 0.15) is 0 Å². The van der Waals surface area contributed by atoms with E-state index in [-0.39, 0.29) is 0 Å². The molecule has 0 heterocycles. The van der Waals surface area contributed by atoms with E-state index in [2.05, 4.69) is 58.4 Å². The largest absolute Gasteiger partial charge is 0.326 e. The number of hydrogen-bond donors (Lipinski definition) is 2. The molecule has 0 spiro atoms. The fourth-order valence-electron chi connectivity index (χ4n) is 5.15. The second kappa shape index (κ2) is 14.3. The maximum absolute atomic E-state index is 10.5. The average Bonchev–Trinajstić information content (AvgIpc) is 2.83. The third-order valence-corrected chi connectivity index (χ3v) is 7.77. The summed E-state index contributed by atoms with van der Waals surface area (Å²) in [6, 6.07) is 17.6. The Balaban J connectivity index is 1.38. The Kier molecular flexibility index (Phi) is 11.4. The van der Waals surface area contributed by atoms with Gasteiger partial charge in [-0.05, 0) is 73.2 Å². The predicted octanol–water partition coefficient (Wildman–Crippen LogP) is 7.22. The highest BCUT2D eigenvalue weighted by molar-refractivity contribution is 7.32. The van der Waals surface area contributed by atoms with Gasteiger partial charge in [-0.3, -0.25) is 4.57 Å². The Hall–Kier alpha value is -1.16. The Bertz CT molecular complexity index is 856. The number of benzene rings is 2. The summed E-state index contributed by atoms with van der Waals surface area (Å²) < 4.78 is 15.2. The molecule has 1 atom stereocenters. The predicted molar refractivity (Wildman–Crippen MR) is 138 cm³/mol. The minimum absolute atomic E-state index is 0.299. The molecular weight excluding hydrogens is 453 g/mol. The lowest BCUT2D eigenvalue weighted by atomic mass is 9.66. The average molecular weight is 492 g/mol. The number of nitrogens with one attached hydrogen (secondary N) is 1. The summed E-state index contributed by atoms with van der Waals surface area (Å²) in [6.45, 7) is 1.77. The van der Waals surface area contributed by atoms with Gasteiger partial charge in [-0.2, -0.15) is 0 Å². The van der Waals surface area contributed by atoms with Crippen LogP contribution in [-0.4, -0.2) is 18.0 Å². The van der Waals surface area contributed by atoms with Gasteiger partial charge in [-0.25, -0.2) is 0 Å². The zero-order valence-electron chi connectivity index (χ0n) is 19.7. The molecule has 1 unspecified atom stereocenters. The Morgan fingerprint density at radius 2 is 1.79 bits per heavy atom. The smallest absolute Gasteiger partial charge is 0.316 e. The highest BCUT2D eigenvalue weighted by atomic mass is 35.5. The molecule has 2 aromatic carbocycles. The lowest BCUT2D eigenvalue weighted by Gasteiger charge is -2.38. The van der Waals surface area contributed by atoms with Crippen LogP contribution in [0.25, 0.3) is 0 Å². The van der Waals surface area contributed by atoms with Gasteiger partial charge in [0.2, 0.25) is 0 Å². The van der Waals surface area contributed by atoms with Crippen molar-refractivity contribution in [2.75, 3.05) is 13.2 Å². The van der Waals surface area contributed by atoms with Crippen LogP contribution < -0.4 is 5.32 Å². The van der Waals surface area contributed by atoms with E-state index in [0.717, 1.165) is 30.1 Å². The van der Waals surface area contributed by atoms with Gasteiger partial charge < -0.3 is 14.7 Å². The molecule has 0 radical (unpaired) electrons. The molecule has 0 saturated heterocycles. The second-order valence-electron chi connectivity index (χ2n) is 9.34. The first-order valence-corrected chi connectivity index (χ1v) is 14.1. The summed E-state index contributed by atoms with van der Waals surface area (Å²) in [5, 5.41) is 4.17. The van der Waals surface area contributed by atoms with Crippen molar-refractivity contribution in [2.45, 2.75) is 82.6 Å².